The van der Waals surface area contributed by atoms with Crippen molar-refractivity contribution in [3.05, 3.63) is 162 Å². The molecule has 15 atom stereocenters. The van der Waals surface area contributed by atoms with Gasteiger partial charge < -0.3 is 126 Å². The third kappa shape index (κ3) is 33.8. The lowest BCUT2D eigenvalue weighted by atomic mass is 9.96. The summed E-state index contributed by atoms with van der Waals surface area (Å²) in [4.78, 5) is 230. The molecule has 13 amide bonds. The Morgan fingerprint density at radius 2 is 0.840 bits per heavy atom. The molecule has 1 aliphatic rings. The number of H-pyrrole nitrogens is 2. The SMILES string of the molecule is CCC(C)C(NC(=O)C(Cc1ccc(O)cc1)NC(=O)C(NC(=O)C(CCCNC(=N)N)NC(=O)C(N)CC(=O)O)C(C)C)C(=O)NC(Cc1c[nH]cn1)C(=O)N1CCCC1C(=O)NC(Cc1ccccc1)C(=O)NC(Cc1c[nH]cn1)C(=O)NC(CC(C)C)C(=O)NC(CC(C)C)C(=O)NC(Cc1ccc(O)cc1)C(=O)NC(Cc1ccc(O)cc1)C(=O)NC(CO)C(=O)O. The van der Waals surface area contributed by atoms with E-state index in [2.05, 4.69) is 89.1 Å². The predicted molar refractivity (Wildman–Crippen MR) is 475 cm³/mol. The quantitative estimate of drug-likeness (QED) is 0.0121. The van der Waals surface area contributed by atoms with Crippen molar-refractivity contribution in [2.45, 2.75) is 230 Å². The smallest absolute Gasteiger partial charge is 0.328 e. The van der Waals surface area contributed by atoms with Gasteiger partial charge in [-0.15, -0.1) is 0 Å². The number of aromatic nitrogens is 4. The summed E-state index contributed by atoms with van der Waals surface area (Å²) in [5, 5.41) is 101. The van der Waals surface area contributed by atoms with E-state index in [9.17, 15) is 73.8 Å². The van der Waals surface area contributed by atoms with Gasteiger partial charge in [-0.1, -0.05) is 129 Å². The average molecular weight is 1820 g/mol. The number of likely N-dealkylation sites (tertiary alicyclic amines) is 1. The number of phenols is 3. The summed E-state index contributed by atoms with van der Waals surface area (Å²) in [7, 11) is 0. The lowest BCUT2D eigenvalue weighted by Crippen LogP contribution is -2.62. The molecule has 4 aromatic carbocycles. The number of phenolic OH excluding ortho intramolecular Hbond substituents is 3. The van der Waals surface area contributed by atoms with Gasteiger partial charge in [-0.25, -0.2) is 14.8 Å². The maximum atomic E-state index is 15.4. The average Bonchev–Trinajstić information content (AvgIpc) is 1.79. The zero-order valence-electron chi connectivity index (χ0n) is 74.3. The maximum absolute atomic E-state index is 15.4. The molecule has 15 unspecified atom stereocenters. The number of carboxylic acids is 2. The van der Waals surface area contributed by atoms with Gasteiger partial charge in [-0.05, 0) is 121 Å². The minimum atomic E-state index is -1.79. The standard InChI is InChI=1S/C89H123N21O21/c1-9-50(8)74(109-83(125)67(38-54-23-29-59(114)30-24-54)105-85(127)73(49(6)7)108-76(118)61(17-13-31-95-89(91)92)98-75(117)60(90)41-72(115)116)86(128)106-69(40-56-43-94-46-97-56)87(129)110-32-14-18-71(110)84(126)104-66(35-51-15-11-10-12-16-51)80(122)103-68(39-55-42-93-45-96-55)82(124)100-62(33-47(2)3)77(119)99-63(34-48(4)5)78(120)101-64(36-52-19-25-57(112)26-20-52)79(121)102-65(37-53-21-27-58(113)28-22-53)81(123)107-70(44-111)88(130)131/h10-12,15-16,19-30,42-43,45-50,60-71,73-74,111-114H,9,13-14,17-18,31-41,44,90H2,1-8H3,(H,93,96)(H,94,97)(H,98,117)(H,99,119)(H,100,124)(H,101,120)(H,102,121)(H,103,122)(H,104,126)(H,105,127)(H,106,128)(H,107,123)(H,108,118)(H,109,125)(H,115,116)(H,130,131)(H4,91,92,95). The summed E-state index contributed by atoms with van der Waals surface area (Å²) < 4.78 is 0. The van der Waals surface area contributed by atoms with Crippen molar-refractivity contribution in [3.63, 3.8) is 0 Å². The number of nitrogens with one attached hydrogen (secondary N) is 16. The van der Waals surface area contributed by atoms with Crippen molar-refractivity contribution in [2.24, 2.45) is 35.1 Å². The number of hydrogen-bond acceptors (Lipinski definition) is 23. The molecule has 0 bridgehead atoms. The molecule has 42 heteroatoms. The summed E-state index contributed by atoms with van der Waals surface area (Å²) in [5.74, 6) is -17.5. The van der Waals surface area contributed by atoms with E-state index in [0.717, 1.165) is 0 Å². The number of nitrogens with two attached hydrogens (primary N) is 2. The van der Waals surface area contributed by atoms with Crippen LogP contribution in [0, 0.1) is 29.1 Å². The molecule has 1 fully saturated rings. The molecule has 7 rings (SSSR count). The Hall–Kier alpha value is -14.1. The Morgan fingerprint density at radius 1 is 0.466 bits per heavy atom. The van der Waals surface area contributed by atoms with Crippen molar-refractivity contribution < 1.29 is 103 Å². The molecule has 0 radical (unpaired) electrons. The number of aromatic amines is 2. The Balaban J connectivity index is 1.12. The zero-order chi connectivity index (χ0) is 96.3. The summed E-state index contributed by atoms with van der Waals surface area (Å²) in [5.41, 5.74) is 13.6. The lowest BCUT2D eigenvalue weighted by Gasteiger charge is -2.32. The second-order valence-electron chi connectivity index (χ2n) is 33.7. The second kappa shape index (κ2) is 51.2. The van der Waals surface area contributed by atoms with E-state index in [1.165, 1.54) is 103 Å². The molecule has 1 saturated heterocycles. The van der Waals surface area contributed by atoms with Crippen LogP contribution in [0.1, 0.15) is 140 Å². The number of aliphatic hydroxyl groups is 1. The first-order valence-electron chi connectivity index (χ1n) is 43.4. The van der Waals surface area contributed by atoms with Crippen LogP contribution in [0.5, 0.6) is 17.2 Å². The van der Waals surface area contributed by atoms with E-state index in [0.29, 0.717) is 22.3 Å². The highest BCUT2D eigenvalue weighted by Gasteiger charge is 2.43. The van der Waals surface area contributed by atoms with Crippen LogP contribution in [0.15, 0.2) is 128 Å². The van der Waals surface area contributed by atoms with Crippen LogP contribution in [0.3, 0.4) is 0 Å². The summed E-state index contributed by atoms with van der Waals surface area (Å²) in [6, 6.07) is 4.38. The number of rotatable bonds is 52. The molecule has 26 N–H and O–H groups in total. The number of guanidine groups is 1. The summed E-state index contributed by atoms with van der Waals surface area (Å²) >= 11 is 0. The Kier molecular flexibility index (Phi) is 40.7. The highest BCUT2D eigenvalue weighted by atomic mass is 16.4. The van der Waals surface area contributed by atoms with Crippen molar-refractivity contribution in [1.82, 2.24) is 94.0 Å². The third-order valence-electron chi connectivity index (χ3n) is 21.8. The molecule has 131 heavy (non-hydrogen) atoms. The van der Waals surface area contributed by atoms with Gasteiger partial charge in [0.15, 0.2) is 5.96 Å². The van der Waals surface area contributed by atoms with Crippen LogP contribution in [0.25, 0.3) is 0 Å². The van der Waals surface area contributed by atoms with Gasteiger partial charge in [-0.2, -0.15) is 0 Å². The van der Waals surface area contributed by atoms with Gasteiger partial charge in [0.25, 0.3) is 0 Å². The molecule has 2 aromatic heterocycles. The number of imidazole rings is 2. The first kappa shape index (κ1) is 104. The molecule has 6 aromatic rings. The fraction of sp³-hybridized carbons (Fsp3) is 0.483. The molecule has 0 aliphatic carbocycles. The molecule has 0 spiro atoms. The number of carboxylic acid groups (broad SMARTS) is 2. The van der Waals surface area contributed by atoms with Gasteiger partial charge in [-0.3, -0.25) is 72.5 Å². The van der Waals surface area contributed by atoms with E-state index in [4.69, 9.17) is 16.9 Å². The van der Waals surface area contributed by atoms with Crippen LogP contribution in [-0.4, -0.2) is 254 Å². The van der Waals surface area contributed by atoms with Gasteiger partial charge >= 0.3 is 11.9 Å². The fourth-order valence-corrected chi connectivity index (χ4v) is 14.5. The highest BCUT2D eigenvalue weighted by Crippen LogP contribution is 2.24. The third-order valence-corrected chi connectivity index (χ3v) is 21.8. The monoisotopic (exact) mass is 1820 g/mol. The van der Waals surface area contributed by atoms with Crippen LogP contribution >= 0.6 is 0 Å². The number of aliphatic carboxylic acids is 2. The first-order chi connectivity index (χ1) is 62.2. The molecule has 42 nitrogen and oxygen atoms in total. The minimum absolute atomic E-state index is 0.0350. The van der Waals surface area contributed by atoms with E-state index < -0.39 is 198 Å². The number of hydrogen-bond donors (Lipinski definition) is 24. The topological polar surface area (TPSA) is 670 Å². The molecule has 1 aliphatic heterocycles. The molecular weight excluding hydrogens is 1700 g/mol. The van der Waals surface area contributed by atoms with Crippen LogP contribution in [0.2, 0.25) is 0 Å². The first-order valence-corrected chi connectivity index (χ1v) is 43.4. The van der Waals surface area contributed by atoms with E-state index >= 15 is 28.8 Å². The van der Waals surface area contributed by atoms with Gasteiger partial charge in [0, 0.05) is 64.0 Å². The van der Waals surface area contributed by atoms with Crippen molar-refractivity contribution in [2.75, 3.05) is 19.7 Å². The van der Waals surface area contributed by atoms with Crippen LogP contribution in [0.4, 0.5) is 0 Å². The molecular formula is C89H123N21O21. The van der Waals surface area contributed by atoms with Crippen LogP contribution < -0.4 is 80.6 Å². The summed E-state index contributed by atoms with van der Waals surface area (Å²) in [6.45, 7) is 12.7. The number of benzene rings is 4. The lowest BCUT2D eigenvalue weighted by molar-refractivity contribution is -0.143. The second-order valence-corrected chi connectivity index (χ2v) is 33.7. The number of aromatic hydroxyl groups is 3. The molecule has 0 saturated carbocycles. The summed E-state index contributed by atoms with van der Waals surface area (Å²) in [6.07, 6.45) is 3.76. The number of carbonyl (C=O) groups excluding carboxylic acids is 13. The highest BCUT2D eigenvalue weighted by molar-refractivity contribution is 6.01. The van der Waals surface area contributed by atoms with Gasteiger partial charge in [0.2, 0.25) is 76.8 Å². The Labute approximate surface area is 757 Å². The number of carbonyl (C=O) groups is 15. The number of nitrogens with zero attached hydrogens (tertiary/aromatic N) is 3. The van der Waals surface area contributed by atoms with Crippen LogP contribution in [-0.2, 0) is 110 Å². The van der Waals surface area contributed by atoms with Crippen molar-refractivity contribution in [1.29, 1.82) is 5.41 Å². The van der Waals surface area contributed by atoms with E-state index in [1.54, 1.807) is 85.7 Å². The molecule has 710 valence electrons. The normalized spacial score (nSPS) is 15.6. The van der Waals surface area contributed by atoms with Gasteiger partial charge in [0.1, 0.15) is 95.8 Å². The molecule has 3 heterocycles. The Morgan fingerprint density at radius 3 is 1.25 bits per heavy atom. The van der Waals surface area contributed by atoms with E-state index in [-0.39, 0.29) is 143 Å². The van der Waals surface area contributed by atoms with Crippen molar-refractivity contribution >= 4 is 94.7 Å². The zero-order valence-corrected chi connectivity index (χ0v) is 74.3. The minimum Gasteiger partial charge on any atom is -0.508 e. The van der Waals surface area contributed by atoms with Crippen molar-refractivity contribution in [3.8, 4) is 17.2 Å². The Bertz CT molecular complexity index is 4830. The predicted octanol–water partition coefficient (Wildman–Crippen LogP) is -1.25. The number of aliphatic hydroxyl groups excluding tert-OH is 1. The van der Waals surface area contributed by atoms with E-state index in [1.807, 2.05) is 0 Å². The van der Waals surface area contributed by atoms with Gasteiger partial charge in [0.05, 0.1) is 43.1 Å². The fourth-order valence-electron chi connectivity index (χ4n) is 14.5. The number of amides is 13. The maximum Gasteiger partial charge on any atom is 0.328 e. The largest absolute Gasteiger partial charge is 0.508 e.